The molecule has 1 heterocycles. The summed E-state index contributed by atoms with van der Waals surface area (Å²) in [6.07, 6.45) is 2.78. The van der Waals surface area contributed by atoms with E-state index in [0.717, 1.165) is 0 Å². The van der Waals surface area contributed by atoms with Crippen molar-refractivity contribution in [3.63, 3.8) is 0 Å². The third-order valence-corrected chi connectivity index (χ3v) is 1.21. The lowest BCUT2D eigenvalue weighted by Crippen LogP contribution is -2.23. The molecule has 2 N–H and O–H groups in total. The zero-order valence-corrected chi connectivity index (χ0v) is 6.48. The van der Waals surface area contributed by atoms with E-state index in [1.165, 1.54) is 19.6 Å². The van der Waals surface area contributed by atoms with Gasteiger partial charge in [-0.05, 0) is 6.07 Å². The van der Waals surface area contributed by atoms with E-state index < -0.39 is 5.91 Å². The average molecular weight is 168 g/mol. The maximum Gasteiger partial charge on any atom is 0.271 e. The highest BCUT2D eigenvalue weighted by atomic mass is 16.6. The Balaban J connectivity index is 2.96. The molecule has 0 bridgehead atoms. The van der Waals surface area contributed by atoms with E-state index in [2.05, 4.69) is 9.99 Å². The second kappa shape index (κ2) is 3.56. The normalized spacial score (nSPS) is 11.2. The number of carbonyl (C=O) groups is 1. The molecule has 0 radical (unpaired) electrons. The molecule has 0 unspecified atom stereocenters. The van der Waals surface area contributed by atoms with Gasteiger partial charge in [0.1, 0.15) is 7.11 Å². The van der Waals surface area contributed by atoms with Crippen LogP contribution in [-0.4, -0.2) is 18.7 Å². The molecule has 0 aliphatic rings. The van der Waals surface area contributed by atoms with Gasteiger partial charge < -0.3 is 15.0 Å². The molecule has 0 spiro atoms. The first kappa shape index (κ1) is 8.32. The van der Waals surface area contributed by atoms with Crippen LogP contribution in [0.4, 0.5) is 0 Å². The van der Waals surface area contributed by atoms with Crippen LogP contribution < -0.4 is 5.73 Å². The van der Waals surface area contributed by atoms with Crippen LogP contribution in [0.3, 0.4) is 0 Å². The largest absolute Gasteiger partial charge is 0.472 e. The van der Waals surface area contributed by atoms with Crippen LogP contribution in [0.2, 0.25) is 0 Å². The fourth-order valence-electron chi connectivity index (χ4n) is 0.730. The first-order valence-electron chi connectivity index (χ1n) is 3.19. The number of carbonyl (C=O) groups excluding carboxylic acids is 1. The van der Waals surface area contributed by atoms with Crippen molar-refractivity contribution in [3.05, 3.63) is 24.2 Å². The van der Waals surface area contributed by atoms with Crippen LogP contribution in [0.5, 0.6) is 0 Å². The monoisotopic (exact) mass is 168 g/mol. The van der Waals surface area contributed by atoms with Gasteiger partial charge in [0.25, 0.3) is 5.91 Å². The van der Waals surface area contributed by atoms with Crippen molar-refractivity contribution in [2.24, 2.45) is 10.9 Å². The van der Waals surface area contributed by atoms with Gasteiger partial charge in [0, 0.05) is 5.56 Å². The zero-order valence-electron chi connectivity index (χ0n) is 6.48. The van der Waals surface area contributed by atoms with E-state index in [4.69, 9.17) is 10.2 Å². The second-order valence-corrected chi connectivity index (χ2v) is 2.00. The molecule has 0 aliphatic heterocycles. The summed E-state index contributed by atoms with van der Waals surface area (Å²) in [5.41, 5.74) is 5.57. The van der Waals surface area contributed by atoms with Crippen molar-refractivity contribution in [2.75, 3.05) is 7.11 Å². The van der Waals surface area contributed by atoms with E-state index >= 15 is 0 Å². The molecule has 64 valence electrons. The Morgan fingerprint density at radius 2 is 2.50 bits per heavy atom. The summed E-state index contributed by atoms with van der Waals surface area (Å²) in [6, 6.07) is 1.57. The van der Waals surface area contributed by atoms with Gasteiger partial charge in [-0.25, -0.2) is 0 Å². The number of nitrogens with two attached hydrogens (primary N) is 1. The van der Waals surface area contributed by atoms with Crippen molar-refractivity contribution in [1.29, 1.82) is 0 Å². The van der Waals surface area contributed by atoms with Crippen LogP contribution in [0.25, 0.3) is 0 Å². The fourth-order valence-corrected chi connectivity index (χ4v) is 0.730. The first-order valence-corrected chi connectivity index (χ1v) is 3.19. The van der Waals surface area contributed by atoms with Crippen molar-refractivity contribution in [1.82, 2.24) is 0 Å². The SMILES string of the molecule is CO/N=C(\C(N)=O)c1ccoc1. The van der Waals surface area contributed by atoms with Crippen molar-refractivity contribution in [3.8, 4) is 0 Å². The van der Waals surface area contributed by atoms with Crippen molar-refractivity contribution in [2.45, 2.75) is 0 Å². The predicted molar refractivity (Wildman–Crippen MR) is 41.4 cm³/mol. The van der Waals surface area contributed by atoms with Crippen molar-refractivity contribution < 1.29 is 14.0 Å². The fraction of sp³-hybridized carbons (Fsp3) is 0.143. The van der Waals surface area contributed by atoms with Crippen LogP contribution in [-0.2, 0) is 9.63 Å². The number of hydrogen-bond acceptors (Lipinski definition) is 4. The summed E-state index contributed by atoms with van der Waals surface area (Å²) < 4.78 is 4.75. The number of amides is 1. The summed E-state index contributed by atoms with van der Waals surface area (Å²) in [4.78, 5) is 15.2. The van der Waals surface area contributed by atoms with Crippen LogP contribution >= 0.6 is 0 Å². The van der Waals surface area contributed by atoms with Gasteiger partial charge in [0.15, 0.2) is 5.71 Å². The summed E-state index contributed by atoms with van der Waals surface area (Å²) in [6.45, 7) is 0. The Hall–Kier alpha value is -1.78. The second-order valence-electron chi connectivity index (χ2n) is 2.00. The van der Waals surface area contributed by atoms with E-state index in [-0.39, 0.29) is 5.71 Å². The molecule has 0 aromatic carbocycles. The summed E-state index contributed by atoms with van der Waals surface area (Å²) in [5.74, 6) is -0.654. The standard InChI is InChI=1S/C7H8N2O3/c1-11-9-6(7(8)10)5-2-3-12-4-5/h2-4H,1H3,(H2,8,10)/b9-6-. The summed E-state index contributed by atoms with van der Waals surface area (Å²) in [7, 11) is 1.34. The van der Waals surface area contributed by atoms with Crippen LogP contribution in [0.15, 0.2) is 28.2 Å². The molecule has 1 aromatic rings. The average Bonchev–Trinajstić information content (AvgIpc) is 2.51. The smallest absolute Gasteiger partial charge is 0.271 e. The maximum atomic E-state index is 10.8. The molecular formula is C7H8N2O3. The molecule has 12 heavy (non-hydrogen) atoms. The number of furan rings is 1. The highest BCUT2D eigenvalue weighted by Crippen LogP contribution is 2.02. The Kier molecular flexibility index (Phi) is 2.47. The van der Waals surface area contributed by atoms with E-state index in [1.54, 1.807) is 6.07 Å². The van der Waals surface area contributed by atoms with Gasteiger partial charge in [-0.2, -0.15) is 0 Å². The van der Waals surface area contributed by atoms with Crippen LogP contribution in [0.1, 0.15) is 5.56 Å². The molecule has 0 saturated heterocycles. The molecule has 0 saturated carbocycles. The lowest BCUT2D eigenvalue weighted by Gasteiger charge is -1.95. The van der Waals surface area contributed by atoms with Gasteiger partial charge in [-0.1, -0.05) is 5.16 Å². The zero-order chi connectivity index (χ0) is 8.97. The molecular weight excluding hydrogens is 160 g/mol. The van der Waals surface area contributed by atoms with E-state index in [1.807, 2.05) is 0 Å². The molecule has 1 aromatic heterocycles. The Bertz CT molecular complexity index is 290. The molecule has 0 aliphatic carbocycles. The van der Waals surface area contributed by atoms with Gasteiger partial charge >= 0.3 is 0 Å². The Labute approximate surface area is 68.8 Å². The third-order valence-electron chi connectivity index (χ3n) is 1.21. The van der Waals surface area contributed by atoms with Gasteiger partial charge in [-0.3, -0.25) is 4.79 Å². The molecule has 5 heteroatoms. The maximum absolute atomic E-state index is 10.8. The van der Waals surface area contributed by atoms with Gasteiger partial charge in [0.2, 0.25) is 0 Å². The van der Waals surface area contributed by atoms with Gasteiger partial charge in [-0.15, -0.1) is 0 Å². The van der Waals surface area contributed by atoms with E-state index in [9.17, 15) is 4.79 Å². The van der Waals surface area contributed by atoms with E-state index in [0.29, 0.717) is 5.56 Å². The van der Waals surface area contributed by atoms with Gasteiger partial charge in [0.05, 0.1) is 12.5 Å². The Morgan fingerprint density at radius 1 is 1.75 bits per heavy atom. The lowest BCUT2D eigenvalue weighted by molar-refractivity contribution is -0.112. The number of hydrogen-bond donors (Lipinski definition) is 1. The highest BCUT2D eigenvalue weighted by molar-refractivity contribution is 6.44. The minimum atomic E-state index is -0.654. The number of rotatable bonds is 3. The minimum absolute atomic E-state index is 0.0475. The predicted octanol–water partition coefficient (Wildman–Crippen LogP) is 0.115. The summed E-state index contributed by atoms with van der Waals surface area (Å²) >= 11 is 0. The molecule has 1 amide bonds. The quantitative estimate of drug-likeness (QED) is 0.514. The third kappa shape index (κ3) is 1.63. The number of oxime groups is 1. The van der Waals surface area contributed by atoms with Crippen molar-refractivity contribution >= 4 is 11.6 Å². The highest BCUT2D eigenvalue weighted by Gasteiger charge is 2.11. The molecule has 0 fully saturated rings. The molecule has 1 rings (SSSR count). The minimum Gasteiger partial charge on any atom is -0.472 e. The molecule has 0 atom stereocenters. The lowest BCUT2D eigenvalue weighted by atomic mass is 10.2. The first-order chi connectivity index (χ1) is 5.75. The molecule has 5 nitrogen and oxygen atoms in total. The number of nitrogens with zero attached hydrogens (tertiary/aromatic N) is 1. The topological polar surface area (TPSA) is 77.8 Å². The Morgan fingerprint density at radius 3 is 2.92 bits per heavy atom. The van der Waals surface area contributed by atoms with Crippen LogP contribution in [0, 0.1) is 0 Å². The number of primary amides is 1. The summed E-state index contributed by atoms with van der Waals surface area (Å²) in [5, 5.41) is 3.45.